The van der Waals surface area contributed by atoms with Crippen LogP contribution >= 0.6 is 0 Å². The average Bonchev–Trinajstić information content (AvgIpc) is 2.85. The number of esters is 1. The van der Waals surface area contributed by atoms with Crippen molar-refractivity contribution in [1.82, 2.24) is 9.88 Å². The Hall–Kier alpha value is -3.32. The standard InChI is InChI=1S/C27H34N4O3/c1-5-19-8-10-20(11-9-19)29-26-21-16-24(31-14-12-30(4)13-15-31)25(33-6-2)17-23(21)28-18-22(26)27(32)34-7-3/h8-11,16-18H,5-7,12-15H2,1-4H3,(H,28,29). The molecule has 0 spiro atoms. The van der Waals surface area contributed by atoms with E-state index in [2.05, 4.69) is 52.3 Å². The number of hydrogen-bond donors (Lipinski definition) is 1. The van der Waals surface area contributed by atoms with Gasteiger partial charge >= 0.3 is 5.97 Å². The summed E-state index contributed by atoms with van der Waals surface area (Å²) in [5.74, 6) is 0.425. The molecule has 7 heteroatoms. The average molecular weight is 463 g/mol. The number of pyridine rings is 1. The maximum Gasteiger partial charge on any atom is 0.341 e. The van der Waals surface area contributed by atoms with E-state index in [4.69, 9.17) is 9.47 Å². The minimum Gasteiger partial charge on any atom is -0.492 e. The van der Waals surface area contributed by atoms with Crippen molar-refractivity contribution >= 4 is 33.9 Å². The molecule has 0 aliphatic carbocycles. The lowest BCUT2D eigenvalue weighted by Gasteiger charge is -2.35. The Bertz CT molecular complexity index is 1140. The van der Waals surface area contributed by atoms with Gasteiger partial charge in [-0.25, -0.2) is 4.79 Å². The van der Waals surface area contributed by atoms with E-state index in [-0.39, 0.29) is 5.97 Å². The molecule has 1 saturated heterocycles. The second-order valence-corrected chi connectivity index (χ2v) is 8.50. The van der Waals surface area contributed by atoms with E-state index in [1.165, 1.54) is 5.56 Å². The number of carbonyl (C=O) groups is 1. The molecule has 0 radical (unpaired) electrons. The highest BCUT2D eigenvalue weighted by molar-refractivity contribution is 6.07. The predicted octanol–water partition coefficient (Wildman–Crippen LogP) is 4.87. The van der Waals surface area contributed by atoms with E-state index in [0.29, 0.717) is 24.5 Å². The maximum atomic E-state index is 12.8. The molecule has 0 unspecified atom stereocenters. The molecule has 0 amide bonds. The number of likely N-dealkylation sites (N-methyl/N-ethyl adjacent to an activating group) is 1. The molecule has 3 aromatic rings. The lowest BCUT2D eigenvalue weighted by atomic mass is 10.1. The molecule has 180 valence electrons. The highest BCUT2D eigenvalue weighted by Gasteiger charge is 2.22. The molecule has 0 bridgehead atoms. The monoisotopic (exact) mass is 462 g/mol. The Morgan fingerprint density at radius 1 is 1.03 bits per heavy atom. The van der Waals surface area contributed by atoms with Crippen LogP contribution in [0.4, 0.5) is 17.1 Å². The van der Waals surface area contributed by atoms with Crippen LogP contribution in [0.5, 0.6) is 5.75 Å². The summed E-state index contributed by atoms with van der Waals surface area (Å²) >= 11 is 0. The SMILES string of the molecule is CCOC(=O)c1cnc2cc(OCC)c(N3CCN(C)CC3)cc2c1Nc1ccc(CC)cc1. The molecular weight excluding hydrogens is 428 g/mol. The van der Waals surface area contributed by atoms with Crippen molar-refractivity contribution in [3.63, 3.8) is 0 Å². The summed E-state index contributed by atoms with van der Waals surface area (Å²) in [7, 11) is 2.14. The number of aromatic nitrogens is 1. The van der Waals surface area contributed by atoms with Crippen molar-refractivity contribution in [2.45, 2.75) is 27.2 Å². The molecule has 4 rings (SSSR count). The first-order valence-electron chi connectivity index (χ1n) is 12.1. The predicted molar refractivity (Wildman–Crippen MR) is 138 cm³/mol. The number of nitrogens with zero attached hydrogens (tertiary/aromatic N) is 3. The van der Waals surface area contributed by atoms with Crippen molar-refractivity contribution in [3.05, 3.63) is 53.7 Å². The van der Waals surface area contributed by atoms with Gasteiger partial charge in [-0.3, -0.25) is 4.98 Å². The number of ether oxygens (including phenoxy) is 2. The molecular formula is C27H34N4O3. The van der Waals surface area contributed by atoms with Crippen LogP contribution in [0, 0.1) is 0 Å². The van der Waals surface area contributed by atoms with Gasteiger partial charge in [0.15, 0.2) is 0 Å². The van der Waals surface area contributed by atoms with Crippen molar-refractivity contribution < 1.29 is 14.3 Å². The van der Waals surface area contributed by atoms with Crippen LogP contribution in [0.1, 0.15) is 36.7 Å². The van der Waals surface area contributed by atoms with Gasteiger partial charge in [-0.2, -0.15) is 0 Å². The summed E-state index contributed by atoms with van der Waals surface area (Å²) < 4.78 is 11.4. The lowest BCUT2D eigenvalue weighted by molar-refractivity contribution is 0.0527. The van der Waals surface area contributed by atoms with E-state index in [0.717, 1.165) is 60.6 Å². The number of anilines is 3. The van der Waals surface area contributed by atoms with Gasteiger partial charge in [-0.15, -0.1) is 0 Å². The topological polar surface area (TPSA) is 66.9 Å². The summed E-state index contributed by atoms with van der Waals surface area (Å²) in [6, 6.07) is 12.3. The highest BCUT2D eigenvalue weighted by Crippen LogP contribution is 2.38. The number of aryl methyl sites for hydroxylation is 1. The van der Waals surface area contributed by atoms with E-state index in [9.17, 15) is 4.79 Å². The number of rotatable bonds is 8. The highest BCUT2D eigenvalue weighted by atomic mass is 16.5. The number of piperazine rings is 1. The van der Waals surface area contributed by atoms with Gasteiger partial charge in [0, 0.05) is 49.5 Å². The molecule has 1 aromatic heterocycles. The Morgan fingerprint density at radius 3 is 2.41 bits per heavy atom. The van der Waals surface area contributed by atoms with Crippen LogP contribution in [-0.4, -0.2) is 62.3 Å². The molecule has 0 saturated carbocycles. The number of nitrogens with one attached hydrogen (secondary N) is 1. The summed E-state index contributed by atoms with van der Waals surface area (Å²) in [5, 5.41) is 4.35. The van der Waals surface area contributed by atoms with Crippen LogP contribution in [0.2, 0.25) is 0 Å². The molecule has 7 nitrogen and oxygen atoms in total. The fraction of sp³-hybridized carbons (Fsp3) is 0.407. The zero-order valence-corrected chi connectivity index (χ0v) is 20.6. The van der Waals surface area contributed by atoms with Crippen molar-refractivity contribution in [2.24, 2.45) is 0 Å². The summed E-state index contributed by atoms with van der Waals surface area (Å²) in [5.41, 5.74) is 5.07. The normalized spacial score (nSPS) is 14.3. The third kappa shape index (κ3) is 5.09. The van der Waals surface area contributed by atoms with Crippen LogP contribution in [0.15, 0.2) is 42.6 Å². The number of benzene rings is 2. The maximum absolute atomic E-state index is 12.8. The molecule has 34 heavy (non-hydrogen) atoms. The lowest BCUT2D eigenvalue weighted by Crippen LogP contribution is -2.44. The van der Waals surface area contributed by atoms with Gasteiger partial charge in [0.05, 0.1) is 30.1 Å². The number of fused-ring (bicyclic) bond motifs is 1. The second-order valence-electron chi connectivity index (χ2n) is 8.50. The van der Waals surface area contributed by atoms with Crippen LogP contribution < -0.4 is 15.0 Å². The van der Waals surface area contributed by atoms with Gasteiger partial charge in [0.2, 0.25) is 0 Å². The first-order chi connectivity index (χ1) is 16.5. The molecule has 0 atom stereocenters. The fourth-order valence-electron chi connectivity index (χ4n) is 4.24. The summed E-state index contributed by atoms with van der Waals surface area (Å²) in [6.45, 7) is 10.6. The van der Waals surface area contributed by atoms with Crippen LogP contribution in [0.25, 0.3) is 10.9 Å². The minimum absolute atomic E-state index is 0.303. The first-order valence-corrected chi connectivity index (χ1v) is 12.1. The Balaban J connectivity index is 1.85. The third-order valence-electron chi connectivity index (χ3n) is 6.22. The molecule has 2 heterocycles. The van der Waals surface area contributed by atoms with Gasteiger partial charge in [-0.05, 0) is 51.1 Å². The third-order valence-corrected chi connectivity index (χ3v) is 6.22. The van der Waals surface area contributed by atoms with Gasteiger partial charge in [-0.1, -0.05) is 19.1 Å². The van der Waals surface area contributed by atoms with Gasteiger partial charge in [0.1, 0.15) is 11.3 Å². The summed E-state index contributed by atoms with van der Waals surface area (Å²) in [4.78, 5) is 22.1. The smallest absolute Gasteiger partial charge is 0.341 e. The molecule has 2 aromatic carbocycles. The zero-order valence-electron chi connectivity index (χ0n) is 20.6. The van der Waals surface area contributed by atoms with Gasteiger partial charge in [0.25, 0.3) is 0 Å². The minimum atomic E-state index is -0.389. The molecule has 1 aliphatic heterocycles. The van der Waals surface area contributed by atoms with E-state index < -0.39 is 0 Å². The van der Waals surface area contributed by atoms with Crippen molar-refractivity contribution in [2.75, 3.05) is 56.7 Å². The Morgan fingerprint density at radius 2 is 1.76 bits per heavy atom. The van der Waals surface area contributed by atoms with E-state index in [1.807, 2.05) is 32.0 Å². The fourth-order valence-corrected chi connectivity index (χ4v) is 4.24. The molecule has 1 aliphatic rings. The van der Waals surface area contributed by atoms with E-state index in [1.54, 1.807) is 6.20 Å². The van der Waals surface area contributed by atoms with Crippen molar-refractivity contribution in [3.8, 4) is 5.75 Å². The van der Waals surface area contributed by atoms with Gasteiger partial charge < -0.3 is 24.6 Å². The largest absolute Gasteiger partial charge is 0.492 e. The quantitative estimate of drug-likeness (QED) is 0.479. The zero-order chi connectivity index (χ0) is 24.1. The Labute approximate surface area is 201 Å². The molecule has 1 fully saturated rings. The van der Waals surface area contributed by atoms with E-state index >= 15 is 0 Å². The Kier molecular flexibility index (Phi) is 7.53. The second kappa shape index (κ2) is 10.7. The summed E-state index contributed by atoms with van der Waals surface area (Å²) in [6.07, 6.45) is 2.56. The number of carbonyl (C=O) groups excluding carboxylic acids is 1. The number of hydrogen-bond acceptors (Lipinski definition) is 7. The van der Waals surface area contributed by atoms with Crippen LogP contribution in [-0.2, 0) is 11.2 Å². The first kappa shape index (κ1) is 23.8. The molecule has 1 N–H and O–H groups in total. The van der Waals surface area contributed by atoms with Crippen molar-refractivity contribution in [1.29, 1.82) is 0 Å². The van der Waals surface area contributed by atoms with Crippen LogP contribution in [0.3, 0.4) is 0 Å².